The van der Waals surface area contributed by atoms with Crippen LogP contribution in [0, 0.1) is 0 Å². The number of benzene rings is 1. The summed E-state index contributed by atoms with van der Waals surface area (Å²) in [7, 11) is 0. The molecule has 1 heterocycles. The Bertz CT molecular complexity index is 968. The summed E-state index contributed by atoms with van der Waals surface area (Å²) in [5.74, 6) is -0.276. The SMILES string of the molecule is O=C1CCC(c2cccc(C3CCCC([I-]C4=C/C=C\C=C/C=C\4)CCC3)c2Cl)C(=O)N1. The van der Waals surface area contributed by atoms with E-state index in [0.717, 1.165) is 27.4 Å². The number of halogens is 2. The Balaban J connectivity index is 1.40. The van der Waals surface area contributed by atoms with Crippen LogP contribution in [0.2, 0.25) is 5.02 Å². The molecule has 1 atom stereocenters. The molecule has 0 radical (unpaired) electrons. The van der Waals surface area contributed by atoms with Gasteiger partial charge in [0.25, 0.3) is 0 Å². The zero-order chi connectivity index (χ0) is 22.3. The molecule has 3 aliphatic rings. The molecule has 1 N–H and O–H groups in total. The van der Waals surface area contributed by atoms with Crippen molar-refractivity contribution in [2.75, 3.05) is 0 Å². The minimum atomic E-state index is -0.322. The molecule has 2 amide bonds. The molecule has 1 saturated carbocycles. The molecule has 1 aromatic carbocycles. The molecular formula is C27H30ClINO2-. The molecule has 1 saturated heterocycles. The average Bonchev–Trinajstić information content (AvgIpc) is 2.72. The minimum absolute atomic E-state index is 0.0144. The maximum atomic E-state index is 12.4. The van der Waals surface area contributed by atoms with Gasteiger partial charge < -0.3 is 0 Å². The van der Waals surface area contributed by atoms with Crippen LogP contribution in [-0.2, 0) is 9.59 Å². The monoisotopic (exact) mass is 562 g/mol. The van der Waals surface area contributed by atoms with Crippen LogP contribution in [0.15, 0.2) is 64.3 Å². The number of hydrogen-bond donors (Lipinski definition) is 1. The van der Waals surface area contributed by atoms with Crippen LogP contribution >= 0.6 is 11.6 Å². The summed E-state index contributed by atoms with van der Waals surface area (Å²) in [6.45, 7) is 0. The second-order valence-electron chi connectivity index (χ2n) is 8.70. The third-order valence-corrected chi connectivity index (χ3v) is 10.5. The van der Waals surface area contributed by atoms with Crippen LogP contribution in [0.25, 0.3) is 0 Å². The van der Waals surface area contributed by atoms with Crippen LogP contribution in [0.4, 0.5) is 0 Å². The molecule has 2 aliphatic carbocycles. The van der Waals surface area contributed by atoms with Gasteiger partial charge in [0.2, 0.25) is 0 Å². The first-order valence-electron chi connectivity index (χ1n) is 11.6. The Morgan fingerprint density at radius 2 is 1.59 bits per heavy atom. The molecule has 5 heteroatoms. The fourth-order valence-electron chi connectivity index (χ4n) is 4.82. The summed E-state index contributed by atoms with van der Waals surface area (Å²) in [6, 6.07) is 6.12. The van der Waals surface area contributed by atoms with E-state index in [4.69, 9.17) is 11.6 Å². The molecule has 32 heavy (non-hydrogen) atoms. The predicted octanol–water partition coefficient (Wildman–Crippen LogP) is 3.32. The van der Waals surface area contributed by atoms with E-state index in [0.29, 0.717) is 18.8 Å². The summed E-state index contributed by atoms with van der Waals surface area (Å²) in [6.07, 6.45) is 23.4. The Labute approximate surface area is 206 Å². The van der Waals surface area contributed by atoms with Gasteiger partial charge in [0.05, 0.1) is 0 Å². The van der Waals surface area contributed by atoms with Crippen LogP contribution in [0.5, 0.6) is 0 Å². The van der Waals surface area contributed by atoms with E-state index in [1.807, 2.05) is 12.1 Å². The number of rotatable bonds is 4. The summed E-state index contributed by atoms with van der Waals surface area (Å²) in [5, 5.41) is 3.20. The number of piperidine rings is 1. The first-order chi connectivity index (χ1) is 15.6. The third-order valence-electron chi connectivity index (χ3n) is 6.49. The van der Waals surface area contributed by atoms with E-state index in [1.54, 1.807) is 0 Å². The van der Waals surface area contributed by atoms with Crippen molar-refractivity contribution in [3.05, 3.63) is 80.5 Å². The van der Waals surface area contributed by atoms with Crippen molar-refractivity contribution in [2.24, 2.45) is 0 Å². The molecule has 170 valence electrons. The Morgan fingerprint density at radius 3 is 2.38 bits per heavy atom. The van der Waals surface area contributed by atoms with Crippen molar-refractivity contribution in [1.82, 2.24) is 5.32 Å². The van der Waals surface area contributed by atoms with E-state index in [2.05, 4.69) is 53.9 Å². The van der Waals surface area contributed by atoms with Gasteiger partial charge in [-0.2, -0.15) is 0 Å². The van der Waals surface area contributed by atoms with Crippen molar-refractivity contribution in [1.29, 1.82) is 0 Å². The maximum absolute atomic E-state index is 12.4. The topological polar surface area (TPSA) is 46.2 Å². The summed E-state index contributed by atoms with van der Waals surface area (Å²) in [4.78, 5) is 23.9. The zero-order valence-electron chi connectivity index (χ0n) is 18.2. The first kappa shape index (κ1) is 23.5. The fourth-order valence-corrected chi connectivity index (χ4v) is 8.58. The van der Waals surface area contributed by atoms with Gasteiger partial charge in [-0.05, 0) is 0 Å². The number of hydrogen-bond acceptors (Lipinski definition) is 2. The van der Waals surface area contributed by atoms with Crippen molar-refractivity contribution < 1.29 is 30.8 Å². The van der Waals surface area contributed by atoms with Gasteiger partial charge >= 0.3 is 202 Å². The number of allylic oxidation sites excluding steroid dienone is 8. The number of imide groups is 1. The van der Waals surface area contributed by atoms with Gasteiger partial charge in [-0.15, -0.1) is 0 Å². The molecule has 0 aromatic heterocycles. The number of nitrogens with one attached hydrogen (secondary N) is 1. The molecule has 1 aliphatic heterocycles. The molecular weight excluding hydrogens is 533 g/mol. The second kappa shape index (κ2) is 11.5. The molecule has 1 unspecified atom stereocenters. The standard InChI is InChI=1S/C27H30ClINO2/c28-26-22(15-8-16-23(26)24-17-18-25(31)30-27(24)32)19-9-6-13-21(14-7-10-19)29-20-11-4-2-1-3-5-12-20/h1-5,8,11-12,15-16,19,21,24H,6-7,9-10,13-14,17-18H2,(H,30,31,32)/q-1/b2-1-,3-1?,4-2?,5-3-,11-4-,12-5?,20-11?,20-12+. The van der Waals surface area contributed by atoms with E-state index < -0.39 is 0 Å². The summed E-state index contributed by atoms with van der Waals surface area (Å²) < 4.78 is 2.36. The molecule has 4 rings (SSSR count). The molecule has 3 nitrogen and oxygen atoms in total. The Morgan fingerprint density at radius 1 is 0.875 bits per heavy atom. The fraction of sp³-hybridized carbons (Fsp3) is 0.407. The summed E-state index contributed by atoms with van der Waals surface area (Å²) in [5.41, 5.74) is 2.06. The number of carbonyl (C=O) groups excluding carboxylic acids is 2. The number of alkyl halides is 1. The van der Waals surface area contributed by atoms with Crippen molar-refractivity contribution in [3.63, 3.8) is 0 Å². The van der Waals surface area contributed by atoms with Crippen LogP contribution in [-0.4, -0.2) is 15.7 Å². The zero-order valence-corrected chi connectivity index (χ0v) is 21.1. The van der Waals surface area contributed by atoms with Crippen LogP contribution in [0.3, 0.4) is 0 Å². The quantitative estimate of drug-likeness (QED) is 0.348. The molecule has 1 aromatic rings. The van der Waals surface area contributed by atoms with Gasteiger partial charge in [0.15, 0.2) is 0 Å². The number of carbonyl (C=O) groups is 2. The van der Waals surface area contributed by atoms with E-state index in [9.17, 15) is 9.59 Å². The van der Waals surface area contributed by atoms with Gasteiger partial charge in [0, 0.05) is 0 Å². The average molecular weight is 563 g/mol. The number of amides is 2. The second-order valence-corrected chi connectivity index (χ2v) is 12.7. The third kappa shape index (κ3) is 6.02. The molecule has 0 spiro atoms. The van der Waals surface area contributed by atoms with Gasteiger partial charge in [0.1, 0.15) is 0 Å². The normalized spacial score (nSPS) is 31.3. The predicted molar refractivity (Wildman–Crippen MR) is 126 cm³/mol. The Hall–Kier alpha value is -1.66. The molecule has 2 fully saturated rings. The van der Waals surface area contributed by atoms with Gasteiger partial charge in [-0.25, -0.2) is 0 Å². The van der Waals surface area contributed by atoms with Crippen molar-refractivity contribution >= 4 is 23.4 Å². The molecule has 0 bridgehead atoms. The summed E-state index contributed by atoms with van der Waals surface area (Å²) >= 11 is 6.89. The van der Waals surface area contributed by atoms with Gasteiger partial charge in [-0.1, -0.05) is 0 Å². The van der Waals surface area contributed by atoms with Crippen molar-refractivity contribution in [3.8, 4) is 0 Å². The van der Waals surface area contributed by atoms with Gasteiger partial charge in [-0.3, -0.25) is 4.79 Å². The van der Waals surface area contributed by atoms with Crippen LogP contribution in [0.1, 0.15) is 74.3 Å². The first-order valence-corrected chi connectivity index (χ1v) is 14.3. The Kier molecular flexibility index (Phi) is 8.42. The van der Waals surface area contributed by atoms with E-state index in [-0.39, 0.29) is 38.9 Å². The van der Waals surface area contributed by atoms with Crippen LogP contribution < -0.4 is 26.5 Å². The van der Waals surface area contributed by atoms with E-state index in [1.165, 1.54) is 34.8 Å². The van der Waals surface area contributed by atoms with E-state index >= 15 is 0 Å². The van der Waals surface area contributed by atoms with Crippen molar-refractivity contribution in [2.45, 2.75) is 67.1 Å².